The lowest BCUT2D eigenvalue weighted by Crippen LogP contribution is -2.24. The van der Waals surface area contributed by atoms with Crippen molar-refractivity contribution >= 4 is 28.5 Å². The lowest BCUT2D eigenvalue weighted by Gasteiger charge is -2.08. The first-order valence-electron chi connectivity index (χ1n) is 6.19. The number of aryl methyl sites for hydroxylation is 1. The van der Waals surface area contributed by atoms with Gasteiger partial charge >= 0.3 is 6.18 Å². The molecular formula is C13H13ClF3N3O. The average Bonchev–Trinajstić information content (AvgIpc) is 2.75. The zero-order chi connectivity index (χ0) is 15.6. The minimum absolute atomic E-state index is 0.00934. The Labute approximate surface area is 123 Å². The number of carbonyl (C=O) groups is 1. The van der Waals surface area contributed by atoms with Crippen LogP contribution in [0.5, 0.6) is 0 Å². The molecule has 0 fully saturated rings. The predicted molar refractivity (Wildman–Crippen MR) is 73.2 cm³/mol. The van der Waals surface area contributed by atoms with Crippen molar-refractivity contribution in [1.82, 2.24) is 14.9 Å². The van der Waals surface area contributed by atoms with Gasteiger partial charge in [-0.1, -0.05) is 0 Å². The van der Waals surface area contributed by atoms with E-state index in [4.69, 9.17) is 11.6 Å². The van der Waals surface area contributed by atoms with Crippen LogP contribution in [0.3, 0.4) is 0 Å². The van der Waals surface area contributed by atoms with E-state index in [-0.39, 0.29) is 23.8 Å². The van der Waals surface area contributed by atoms with Crippen LogP contribution in [-0.2, 0) is 23.9 Å². The fourth-order valence-corrected chi connectivity index (χ4v) is 2.20. The maximum atomic E-state index is 12.7. The summed E-state index contributed by atoms with van der Waals surface area (Å²) < 4.78 is 39.7. The van der Waals surface area contributed by atoms with E-state index >= 15 is 0 Å². The van der Waals surface area contributed by atoms with Crippen molar-refractivity contribution in [1.29, 1.82) is 0 Å². The summed E-state index contributed by atoms with van der Waals surface area (Å²) in [6, 6.07) is 3.29. The Kier molecular flexibility index (Phi) is 4.41. The van der Waals surface area contributed by atoms with Gasteiger partial charge in [0, 0.05) is 19.3 Å². The molecule has 0 aliphatic rings. The quantitative estimate of drug-likeness (QED) is 0.881. The largest absolute Gasteiger partial charge is 0.416 e. The molecule has 0 atom stereocenters. The molecule has 114 valence electrons. The molecule has 0 unspecified atom stereocenters. The van der Waals surface area contributed by atoms with Crippen LogP contribution in [0.1, 0.15) is 11.4 Å². The number of imidazole rings is 1. The van der Waals surface area contributed by atoms with Gasteiger partial charge in [-0.25, -0.2) is 4.98 Å². The van der Waals surface area contributed by atoms with Gasteiger partial charge in [0.05, 0.1) is 16.6 Å². The number of nitrogens with one attached hydrogen (secondary N) is 1. The summed E-state index contributed by atoms with van der Waals surface area (Å²) in [5.41, 5.74) is -0.0856. The molecule has 1 N–H and O–H groups in total. The lowest BCUT2D eigenvalue weighted by molar-refractivity contribution is -0.137. The molecule has 0 bridgehead atoms. The smallest absolute Gasteiger partial charge is 0.358 e. The molecule has 1 aromatic heterocycles. The fourth-order valence-electron chi connectivity index (χ4n) is 2.03. The summed E-state index contributed by atoms with van der Waals surface area (Å²) in [5.74, 6) is 0.497. The second kappa shape index (κ2) is 5.93. The van der Waals surface area contributed by atoms with Crippen LogP contribution < -0.4 is 5.32 Å². The molecule has 4 nitrogen and oxygen atoms in total. The van der Waals surface area contributed by atoms with E-state index in [2.05, 4.69) is 10.3 Å². The third-order valence-electron chi connectivity index (χ3n) is 3.05. The molecule has 0 aliphatic carbocycles. The minimum Gasteiger partial charge on any atom is -0.358 e. The Bertz CT molecular complexity index is 666. The number of nitrogens with zero attached hydrogens (tertiary/aromatic N) is 2. The van der Waals surface area contributed by atoms with Crippen LogP contribution in [-0.4, -0.2) is 28.4 Å². The highest BCUT2D eigenvalue weighted by Gasteiger charge is 2.31. The van der Waals surface area contributed by atoms with Gasteiger partial charge in [0.25, 0.3) is 0 Å². The van der Waals surface area contributed by atoms with Crippen LogP contribution in [0.2, 0.25) is 0 Å². The second-order valence-electron chi connectivity index (χ2n) is 4.43. The maximum absolute atomic E-state index is 12.7. The van der Waals surface area contributed by atoms with Gasteiger partial charge in [0.2, 0.25) is 5.91 Å². The van der Waals surface area contributed by atoms with Crippen LogP contribution in [0.15, 0.2) is 18.2 Å². The number of rotatable bonds is 4. The number of benzene rings is 1. The Morgan fingerprint density at radius 1 is 1.43 bits per heavy atom. The van der Waals surface area contributed by atoms with Crippen LogP contribution >= 0.6 is 11.6 Å². The summed E-state index contributed by atoms with van der Waals surface area (Å²) in [4.78, 5) is 15.7. The van der Waals surface area contributed by atoms with Gasteiger partial charge in [0.15, 0.2) is 0 Å². The van der Waals surface area contributed by atoms with E-state index in [0.29, 0.717) is 17.8 Å². The van der Waals surface area contributed by atoms with Gasteiger partial charge < -0.3 is 9.88 Å². The zero-order valence-electron chi connectivity index (χ0n) is 11.2. The van der Waals surface area contributed by atoms with E-state index in [9.17, 15) is 18.0 Å². The van der Waals surface area contributed by atoms with Crippen LogP contribution in [0.4, 0.5) is 13.2 Å². The molecule has 2 aromatic rings. The molecule has 0 aliphatic heterocycles. The van der Waals surface area contributed by atoms with Gasteiger partial charge in [-0.2, -0.15) is 13.2 Å². The van der Waals surface area contributed by atoms with Crippen molar-refractivity contribution in [2.45, 2.75) is 19.1 Å². The summed E-state index contributed by atoms with van der Waals surface area (Å²) in [7, 11) is 1.49. The third kappa shape index (κ3) is 3.29. The molecule has 0 radical (unpaired) electrons. The number of fused-ring (bicyclic) bond motifs is 1. The molecule has 0 saturated heterocycles. The molecule has 1 amide bonds. The van der Waals surface area contributed by atoms with Crippen molar-refractivity contribution in [2.75, 3.05) is 12.9 Å². The van der Waals surface area contributed by atoms with Gasteiger partial charge in [-0.15, -0.1) is 11.6 Å². The van der Waals surface area contributed by atoms with E-state index in [1.54, 1.807) is 4.57 Å². The summed E-state index contributed by atoms with van der Waals surface area (Å²) >= 11 is 5.68. The van der Waals surface area contributed by atoms with E-state index in [0.717, 1.165) is 12.1 Å². The Balaban J connectivity index is 2.54. The molecular weight excluding hydrogens is 307 g/mol. The van der Waals surface area contributed by atoms with Crippen molar-refractivity contribution in [3.8, 4) is 0 Å². The van der Waals surface area contributed by atoms with Crippen LogP contribution in [0, 0.1) is 0 Å². The first-order valence-corrected chi connectivity index (χ1v) is 6.73. The number of amides is 1. The van der Waals surface area contributed by atoms with E-state index in [1.165, 1.54) is 13.1 Å². The van der Waals surface area contributed by atoms with Gasteiger partial charge in [-0.3, -0.25) is 4.79 Å². The number of aromatic nitrogens is 2. The van der Waals surface area contributed by atoms with Crippen molar-refractivity contribution in [3.63, 3.8) is 0 Å². The van der Waals surface area contributed by atoms with E-state index < -0.39 is 11.7 Å². The molecule has 21 heavy (non-hydrogen) atoms. The lowest BCUT2D eigenvalue weighted by atomic mass is 10.2. The van der Waals surface area contributed by atoms with Gasteiger partial charge in [0.1, 0.15) is 12.4 Å². The Hall–Kier alpha value is -1.76. The second-order valence-corrected chi connectivity index (χ2v) is 4.81. The third-order valence-corrected chi connectivity index (χ3v) is 3.24. The first kappa shape index (κ1) is 15.6. The highest BCUT2D eigenvalue weighted by Crippen LogP contribution is 2.31. The maximum Gasteiger partial charge on any atom is 0.416 e. The number of alkyl halides is 4. The van der Waals surface area contributed by atoms with E-state index in [1.807, 2.05) is 0 Å². The molecule has 1 heterocycles. The molecule has 0 saturated carbocycles. The van der Waals surface area contributed by atoms with Crippen molar-refractivity contribution in [2.24, 2.45) is 0 Å². The first-order chi connectivity index (χ1) is 9.86. The standard InChI is InChI=1S/C13H13ClF3N3O/c1-18-12(21)7-20-10-3-2-8(13(15,16)17)6-9(10)19-11(20)4-5-14/h2-3,6H,4-5,7H2,1H3,(H,18,21). The summed E-state index contributed by atoms with van der Waals surface area (Å²) in [6.07, 6.45) is -4.06. The molecule has 0 spiro atoms. The number of hydrogen-bond acceptors (Lipinski definition) is 2. The molecule has 8 heteroatoms. The average molecular weight is 320 g/mol. The molecule has 2 rings (SSSR count). The topological polar surface area (TPSA) is 46.9 Å². The number of likely N-dealkylation sites (N-methyl/N-ethyl adjacent to an activating group) is 1. The SMILES string of the molecule is CNC(=O)Cn1c(CCCl)nc2cc(C(F)(F)F)ccc21. The summed E-state index contributed by atoms with van der Waals surface area (Å²) in [6.45, 7) is -0.00934. The van der Waals surface area contributed by atoms with Crippen LogP contribution in [0.25, 0.3) is 11.0 Å². The predicted octanol–water partition coefficient (Wildman–Crippen LogP) is 2.58. The normalized spacial score (nSPS) is 11.9. The number of hydrogen-bond donors (Lipinski definition) is 1. The highest BCUT2D eigenvalue weighted by molar-refractivity contribution is 6.17. The molecule has 1 aromatic carbocycles. The minimum atomic E-state index is -4.43. The zero-order valence-corrected chi connectivity index (χ0v) is 11.9. The highest BCUT2D eigenvalue weighted by atomic mass is 35.5. The monoisotopic (exact) mass is 319 g/mol. The van der Waals surface area contributed by atoms with Gasteiger partial charge in [-0.05, 0) is 18.2 Å². The fraction of sp³-hybridized carbons (Fsp3) is 0.385. The number of carbonyl (C=O) groups excluding carboxylic acids is 1. The summed E-state index contributed by atoms with van der Waals surface area (Å²) in [5, 5.41) is 2.47. The van der Waals surface area contributed by atoms with Crippen molar-refractivity contribution in [3.05, 3.63) is 29.6 Å². The number of halogens is 4. The Morgan fingerprint density at radius 3 is 2.71 bits per heavy atom. The Morgan fingerprint density at radius 2 is 2.14 bits per heavy atom. The van der Waals surface area contributed by atoms with Crippen molar-refractivity contribution < 1.29 is 18.0 Å².